The molecule has 1 aromatic heterocycles. The smallest absolute Gasteiger partial charge is 0.338 e. The minimum Gasteiger partial charge on any atom is -0.490 e. The van der Waals surface area contributed by atoms with Crippen LogP contribution in [0.25, 0.3) is 0 Å². The first-order valence-electron chi connectivity index (χ1n) is 10.7. The van der Waals surface area contributed by atoms with Crippen molar-refractivity contribution >= 4 is 27.8 Å². The number of carbonyl (C=O) groups excluding carboxylic acids is 1. The van der Waals surface area contributed by atoms with E-state index in [1.807, 2.05) is 49.4 Å². The fourth-order valence-electron chi connectivity index (χ4n) is 3.68. The van der Waals surface area contributed by atoms with Crippen molar-refractivity contribution in [3.05, 3.63) is 82.0 Å². The molecule has 0 fully saturated rings. The number of ether oxygens (including phenoxy) is 3. The van der Waals surface area contributed by atoms with Crippen LogP contribution in [0.2, 0.25) is 0 Å². The van der Waals surface area contributed by atoms with Gasteiger partial charge in [0.25, 0.3) is 0 Å². The van der Waals surface area contributed by atoms with Crippen LogP contribution in [0.5, 0.6) is 11.5 Å². The van der Waals surface area contributed by atoms with Crippen LogP contribution >= 0.6 is 15.9 Å². The molecule has 1 aliphatic rings. The molecule has 10 heteroatoms. The van der Waals surface area contributed by atoms with Crippen LogP contribution < -0.4 is 14.8 Å². The maximum absolute atomic E-state index is 13.0. The van der Waals surface area contributed by atoms with Gasteiger partial charge in [0, 0.05) is 5.70 Å². The number of rotatable bonds is 9. The van der Waals surface area contributed by atoms with Crippen LogP contribution in [-0.2, 0) is 16.1 Å². The number of nitrogens with zero attached hydrogens (tertiary/aromatic N) is 4. The third kappa shape index (κ3) is 4.81. The molecule has 2 heterocycles. The Bertz CT molecular complexity index is 1230. The molecule has 1 aliphatic heterocycles. The monoisotopic (exact) mass is 525 g/mol. The zero-order chi connectivity index (χ0) is 24.1. The highest BCUT2D eigenvalue weighted by Crippen LogP contribution is 2.43. The zero-order valence-electron chi connectivity index (χ0n) is 18.8. The lowest BCUT2D eigenvalue weighted by molar-refractivity contribution is -0.138. The van der Waals surface area contributed by atoms with E-state index in [0.717, 1.165) is 11.1 Å². The summed E-state index contributed by atoms with van der Waals surface area (Å²) in [6.45, 7) is 8.19. The number of fused-ring (bicyclic) bond motifs is 1. The van der Waals surface area contributed by atoms with Crippen molar-refractivity contribution in [1.82, 2.24) is 20.2 Å². The molecule has 0 amide bonds. The fraction of sp³-hybridized carbons (Fsp3) is 0.250. The summed E-state index contributed by atoms with van der Waals surface area (Å²) in [6.07, 6.45) is 1.52. The number of anilines is 1. The first-order valence-corrected chi connectivity index (χ1v) is 11.5. The van der Waals surface area contributed by atoms with Gasteiger partial charge in [0.2, 0.25) is 5.95 Å². The van der Waals surface area contributed by atoms with E-state index in [0.29, 0.717) is 46.4 Å². The Kier molecular flexibility index (Phi) is 7.27. The molecule has 1 N–H and O–H groups in total. The summed E-state index contributed by atoms with van der Waals surface area (Å²) in [6, 6.07) is 12.9. The van der Waals surface area contributed by atoms with E-state index < -0.39 is 12.0 Å². The van der Waals surface area contributed by atoms with Gasteiger partial charge in [-0.2, -0.15) is 4.68 Å². The number of carbonyl (C=O) groups is 1. The van der Waals surface area contributed by atoms with Gasteiger partial charge in [-0.25, -0.2) is 4.79 Å². The van der Waals surface area contributed by atoms with E-state index in [9.17, 15) is 4.79 Å². The molecule has 0 spiro atoms. The first kappa shape index (κ1) is 23.5. The number of aromatic nitrogens is 4. The van der Waals surface area contributed by atoms with Crippen molar-refractivity contribution < 1.29 is 19.0 Å². The third-order valence-corrected chi connectivity index (χ3v) is 5.73. The summed E-state index contributed by atoms with van der Waals surface area (Å²) in [4.78, 5) is 13.0. The highest BCUT2D eigenvalue weighted by Gasteiger charge is 2.36. The number of allylic oxidation sites excluding steroid dienone is 1. The van der Waals surface area contributed by atoms with Crippen LogP contribution in [0.4, 0.5) is 5.95 Å². The zero-order valence-corrected chi connectivity index (χ0v) is 20.4. The van der Waals surface area contributed by atoms with Crippen molar-refractivity contribution in [1.29, 1.82) is 0 Å². The second-order valence-electron chi connectivity index (χ2n) is 7.44. The lowest BCUT2D eigenvalue weighted by Gasteiger charge is -2.28. The van der Waals surface area contributed by atoms with Crippen molar-refractivity contribution in [3.8, 4) is 11.5 Å². The van der Waals surface area contributed by atoms with Crippen molar-refractivity contribution in [2.24, 2.45) is 0 Å². The molecular weight excluding hydrogens is 502 g/mol. The highest BCUT2D eigenvalue weighted by atomic mass is 79.9. The van der Waals surface area contributed by atoms with Crippen molar-refractivity contribution in [3.63, 3.8) is 0 Å². The maximum atomic E-state index is 13.0. The number of tetrazole rings is 1. The van der Waals surface area contributed by atoms with Crippen LogP contribution in [-0.4, -0.2) is 39.4 Å². The van der Waals surface area contributed by atoms with Gasteiger partial charge < -0.3 is 19.5 Å². The molecular formula is C24H24BrN5O4. The Labute approximate surface area is 205 Å². The number of nitrogens with one attached hydrogen (secondary N) is 1. The average Bonchev–Trinajstić information content (AvgIpc) is 3.29. The Balaban J connectivity index is 1.75. The summed E-state index contributed by atoms with van der Waals surface area (Å²) in [5.41, 5.74) is 2.74. The van der Waals surface area contributed by atoms with E-state index in [-0.39, 0.29) is 6.61 Å². The molecule has 34 heavy (non-hydrogen) atoms. The van der Waals surface area contributed by atoms with E-state index in [1.54, 1.807) is 11.6 Å². The molecule has 0 radical (unpaired) electrons. The Morgan fingerprint density at radius 1 is 1.26 bits per heavy atom. The van der Waals surface area contributed by atoms with E-state index in [4.69, 9.17) is 14.2 Å². The molecule has 176 valence electrons. The molecule has 4 rings (SSSR count). The van der Waals surface area contributed by atoms with Crippen molar-refractivity contribution in [2.75, 3.05) is 18.5 Å². The van der Waals surface area contributed by atoms with Gasteiger partial charge in [0.15, 0.2) is 11.5 Å². The lowest BCUT2D eigenvalue weighted by atomic mass is 9.95. The summed E-state index contributed by atoms with van der Waals surface area (Å²) in [5.74, 6) is 1.03. The van der Waals surface area contributed by atoms with E-state index in [1.165, 1.54) is 6.08 Å². The Hall–Kier alpha value is -3.66. The molecule has 1 atom stereocenters. The normalized spacial score (nSPS) is 14.7. The molecule has 9 nitrogen and oxygen atoms in total. The summed E-state index contributed by atoms with van der Waals surface area (Å²) in [7, 11) is 0. The molecule has 0 saturated carbocycles. The van der Waals surface area contributed by atoms with Crippen molar-refractivity contribution in [2.45, 2.75) is 26.5 Å². The molecule has 2 aromatic carbocycles. The number of hydrogen-bond acceptors (Lipinski definition) is 8. The molecule has 1 unspecified atom stereocenters. The van der Waals surface area contributed by atoms with Crippen LogP contribution in [0.15, 0.2) is 70.9 Å². The second-order valence-corrected chi connectivity index (χ2v) is 8.29. The molecule has 0 bridgehead atoms. The molecule has 3 aromatic rings. The minimum absolute atomic E-state index is 0.0882. The quantitative estimate of drug-likeness (QED) is 0.323. The second kappa shape index (κ2) is 10.5. The standard InChI is InChI=1S/C24H24BrN5O4/c1-4-11-33-23(31)20-15(3)26-24-27-28-29-30(24)21(20)17-12-18(25)22(19(13-17)32-5-2)34-14-16-9-7-6-8-10-16/h4,6-10,12-13,21H,1,5,11,14H2,2-3H3,(H,26,27,29). The van der Waals surface area contributed by atoms with Gasteiger partial charge in [-0.1, -0.05) is 48.1 Å². The maximum Gasteiger partial charge on any atom is 0.338 e. The van der Waals surface area contributed by atoms with Crippen LogP contribution in [0.3, 0.4) is 0 Å². The largest absolute Gasteiger partial charge is 0.490 e. The SMILES string of the molecule is C=CCOC(=O)C1=C(C)Nc2nnnn2C1c1cc(Br)c(OCc2ccccc2)c(OCC)c1. The molecule has 0 saturated heterocycles. The van der Waals surface area contributed by atoms with Gasteiger partial charge >= 0.3 is 5.97 Å². The lowest BCUT2D eigenvalue weighted by Crippen LogP contribution is -2.29. The van der Waals surface area contributed by atoms with E-state index >= 15 is 0 Å². The van der Waals surface area contributed by atoms with Gasteiger partial charge in [0.05, 0.1) is 16.7 Å². The van der Waals surface area contributed by atoms with Crippen LogP contribution in [0, 0.1) is 0 Å². The highest BCUT2D eigenvalue weighted by molar-refractivity contribution is 9.10. The Morgan fingerprint density at radius 3 is 2.79 bits per heavy atom. The third-order valence-electron chi connectivity index (χ3n) is 5.14. The Morgan fingerprint density at radius 2 is 2.06 bits per heavy atom. The topological polar surface area (TPSA) is 100 Å². The summed E-state index contributed by atoms with van der Waals surface area (Å²) >= 11 is 3.63. The van der Waals surface area contributed by atoms with E-state index in [2.05, 4.69) is 43.4 Å². The fourth-order valence-corrected chi connectivity index (χ4v) is 4.25. The number of hydrogen-bond donors (Lipinski definition) is 1. The predicted molar refractivity (Wildman–Crippen MR) is 130 cm³/mol. The number of esters is 1. The predicted octanol–water partition coefficient (Wildman–Crippen LogP) is 4.43. The van der Waals surface area contributed by atoms with Crippen LogP contribution in [0.1, 0.15) is 31.0 Å². The average molecular weight is 526 g/mol. The number of benzene rings is 2. The molecule has 0 aliphatic carbocycles. The van der Waals surface area contributed by atoms with Gasteiger partial charge in [0.1, 0.15) is 19.3 Å². The van der Waals surface area contributed by atoms with Gasteiger partial charge in [-0.15, -0.1) is 0 Å². The van der Waals surface area contributed by atoms with Gasteiger partial charge in [-0.3, -0.25) is 0 Å². The van der Waals surface area contributed by atoms with Gasteiger partial charge in [-0.05, 0) is 63.5 Å². The first-order chi connectivity index (χ1) is 16.5. The summed E-state index contributed by atoms with van der Waals surface area (Å²) in [5, 5.41) is 15.0. The number of halogens is 1. The minimum atomic E-state index is -0.637. The summed E-state index contributed by atoms with van der Waals surface area (Å²) < 4.78 is 19.6.